The number of halogens is 1. The molecule has 21 heavy (non-hydrogen) atoms. The van der Waals surface area contributed by atoms with Gasteiger partial charge in [-0.1, -0.05) is 6.07 Å². The summed E-state index contributed by atoms with van der Waals surface area (Å²) in [5.41, 5.74) is 0.909. The molecule has 7 heteroatoms. The Labute approximate surface area is 137 Å². The predicted molar refractivity (Wildman–Crippen MR) is 88.9 cm³/mol. The summed E-state index contributed by atoms with van der Waals surface area (Å²) in [6.07, 6.45) is 0. The molecule has 0 aromatic heterocycles. The molecule has 112 valence electrons. The van der Waals surface area contributed by atoms with Crippen LogP contribution in [0.2, 0.25) is 0 Å². The fourth-order valence-corrected chi connectivity index (χ4v) is 3.45. The van der Waals surface area contributed by atoms with Gasteiger partial charge in [0.25, 0.3) is 10.0 Å². The first-order chi connectivity index (χ1) is 9.96. The molecule has 0 fully saturated rings. The largest absolute Gasteiger partial charge is 0.496 e. The zero-order chi connectivity index (χ0) is 15.5. The van der Waals surface area contributed by atoms with Crippen molar-refractivity contribution in [2.24, 2.45) is 0 Å². The zero-order valence-electron chi connectivity index (χ0n) is 11.2. The quantitative estimate of drug-likeness (QED) is 0.731. The smallest absolute Gasteiger partial charge is 0.261 e. The minimum absolute atomic E-state index is 0.0752. The molecular weight excluding hydrogens is 405 g/mol. The van der Waals surface area contributed by atoms with Crippen molar-refractivity contribution in [3.63, 3.8) is 0 Å². The molecule has 0 saturated carbocycles. The van der Waals surface area contributed by atoms with Crippen LogP contribution in [0.4, 0.5) is 5.69 Å². The van der Waals surface area contributed by atoms with Crippen LogP contribution in [0.5, 0.6) is 5.75 Å². The van der Waals surface area contributed by atoms with E-state index in [-0.39, 0.29) is 11.5 Å². The van der Waals surface area contributed by atoms with Gasteiger partial charge in [-0.3, -0.25) is 4.72 Å². The highest BCUT2D eigenvalue weighted by molar-refractivity contribution is 14.1. The van der Waals surface area contributed by atoms with Crippen LogP contribution < -0.4 is 9.46 Å². The molecule has 0 bridgehead atoms. The Hall–Kier alpha value is -1.32. The van der Waals surface area contributed by atoms with E-state index in [2.05, 4.69) is 27.3 Å². The first-order valence-electron chi connectivity index (χ1n) is 6.02. The Balaban J connectivity index is 2.35. The molecule has 5 nitrogen and oxygen atoms in total. The standard InChI is InChI=1S/C14H14INO4S/c1-20-14-6-5-13(7-10(14)9-17)21(18,19)16-12-4-2-3-11(15)8-12/h2-8,16-17H,9H2,1H3. The average molecular weight is 419 g/mol. The molecule has 0 saturated heterocycles. The SMILES string of the molecule is COc1ccc(S(=O)(=O)Nc2cccc(I)c2)cc1CO. The van der Waals surface area contributed by atoms with Crippen LogP contribution >= 0.6 is 22.6 Å². The van der Waals surface area contributed by atoms with Gasteiger partial charge < -0.3 is 9.84 Å². The summed E-state index contributed by atoms with van der Waals surface area (Å²) in [5.74, 6) is 0.450. The normalized spacial score (nSPS) is 11.2. The molecule has 0 atom stereocenters. The molecule has 0 unspecified atom stereocenters. The van der Waals surface area contributed by atoms with E-state index >= 15 is 0 Å². The maximum Gasteiger partial charge on any atom is 0.261 e. The maximum atomic E-state index is 12.3. The monoisotopic (exact) mass is 419 g/mol. The molecule has 0 aliphatic rings. The van der Waals surface area contributed by atoms with E-state index in [1.807, 2.05) is 6.07 Å². The van der Waals surface area contributed by atoms with E-state index in [4.69, 9.17) is 4.74 Å². The molecule has 0 spiro atoms. The second kappa shape index (κ2) is 6.63. The Kier molecular flexibility index (Phi) is 5.07. The topological polar surface area (TPSA) is 75.6 Å². The first kappa shape index (κ1) is 16.1. The summed E-state index contributed by atoms with van der Waals surface area (Å²) >= 11 is 2.11. The van der Waals surface area contributed by atoms with Crippen molar-refractivity contribution in [1.29, 1.82) is 0 Å². The van der Waals surface area contributed by atoms with Gasteiger partial charge in [-0.2, -0.15) is 0 Å². The van der Waals surface area contributed by atoms with E-state index in [0.29, 0.717) is 17.0 Å². The predicted octanol–water partition coefficient (Wildman–Crippen LogP) is 2.59. The van der Waals surface area contributed by atoms with Crippen molar-refractivity contribution >= 4 is 38.3 Å². The number of rotatable bonds is 5. The van der Waals surface area contributed by atoms with E-state index in [0.717, 1.165) is 3.57 Å². The van der Waals surface area contributed by atoms with E-state index in [1.54, 1.807) is 18.2 Å². The molecule has 2 rings (SSSR count). The minimum Gasteiger partial charge on any atom is -0.496 e. The van der Waals surface area contributed by atoms with Crippen molar-refractivity contribution in [3.8, 4) is 5.75 Å². The fourth-order valence-electron chi connectivity index (χ4n) is 1.81. The Morgan fingerprint density at radius 3 is 2.62 bits per heavy atom. The number of hydrogen-bond donors (Lipinski definition) is 2. The lowest BCUT2D eigenvalue weighted by Gasteiger charge is -2.11. The molecule has 0 aliphatic heterocycles. The van der Waals surface area contributed by atoms with Crippen molar-refractivity contribution in [2.75, 3.05) is 11.8 Å². The summed E-state index contributed by atoms with van der Waals surface area (Å²) < 4.78 is 33.2. The van der Waals surface area contributed by atoms with Gasteiger partial charge in [-0.05, 0) is 59.0 Å². The highest BCUT2D eigenvalue weighted by atomic mass is 127. The van der Waals surface area contributed by atoms with Crippen molar-refractivity contribution in [2.45, 2.75) is 11.5 Å². The highest BCUT2D eigenvalue weighted by Gasteiger charge is 2.16. The fraction of sp³-hybridized carbons (Fsp3) is 0.143. The number of nitrogens with one attached hydrogen (secondary N) is 1. The zero-order valence-corrected chi connectivity index (χ0v) is 14.2. The average Bonchev–Trinajstić information content (AvgIpc) is 2.46. The second-order valence-corrected chi connectivity index (χ2v) is 7.18. The number of anilines is 1. The van der Waals surface area contributed by atoms with Gasteiger partial charge in [0.1, 0.15) is 5.75 Å². The van der Waals surface area contributed by atoms with Gasteiger partial charge in [-0.15, -0.1) is 0 Å². The summed E-state index contributed by atoms with van der Waals surface area (Å²) in [7, 11) is -2.24. The molecule has 2 N–H and O–H groups in total. The molecule has 0 heterocycles. The number of methoxy groups -OCH3 is 1. The van der Waals surface area contributed by atoms with Crippen LogP contribution in [0.15, 0.2) is 47.4 Å². The van der Waals surface area contributed by atoms with Crippen molar-refractivity contribution < 1.29 is 18.3 Å². The van der Waals surface area contributed by atoms with Gasteiger partial charge in [-0.25, -0.2) is 8.42 Å². The van der Waals surface area contributed by atoms with Gasteiger partial charge in [0.05, 0.1) is 18.6 Å². The van der Waals surface area contributed by atoms with Crippen LogP contribution in [-0.2, 0) is 16.6 Å². The van der Waals surface area contributed by atoms with Crippen LogP contribution in [0.1, 0.15) is 5.56 Å². The molecule has 0 amide bonds. The summed E-state index contributed by atoms with van der Waals surface area (Å²) in [4.78, 5) is 0.0752. The number of sulfonamides is 1. The summed E-state index contributed by atoms with van der Waals surface area (Å²) in [6, 6.07) is 11.4. The molecular formula is C14H14INO4S. The number of aliphatic hydroxyl groups excluding tert-OH is 1. The molecule has 2 aromatic carbocycles. The number of benzene rings is 2. The van der Waals surface area contributed by atoms with Crippen LogP contribution in [0, 0.1) is 3.57 Å². The summed E-state index contributed by atoms with van der Waals surface area (Å²) in [6.45, 7) is -0.296. The van der Waals surface area contributed by atoms with Crippen LogP contribution in [0.3, 0.4) is 0 Å². The Bertz CT molecular complexity index is 746. The minimum atomic E-state index is -3.71. The molecule has 2 aromatic rings. The van der Waals surface area contributed by atoms with Crippen molar-refractivity contribution in [3.05, 3.63) is 51.6 Å². The third kappa shape index (κ3) is 3.86. The maximum absolute atomic E-state index is 12.3. The highest BCUT2D eigenvalue weighted by Crippen LogP contribution is 2.24. The third-order valence-electron chi connectivity index (χ3n) is 2.81. The lowest BCUT2D eigenvalue weighted by atomic mass is 10.2. The van der Waals surface area contributed by atoms with Gasteiger partial charge in [0.2, 0.25) is 0 Å². The van der Waals surface area contributed by atoms with Gasteiger partial charge in [0, 0.05) is 14.8 Å². The molecule has 0 radical (unpaired) electrons. The summed E-state index contributed by atoms with van der Waals surface area (Å²) in [5, 5.41) is 9.27. The van der Waals surface area contributed by atoms with Gasteiger partial charge in [0.15, 0.2) is 0 Å². The van der Waals surface area contributed by atoms with Crippen LogP contribution in [-0.4, -0.2) is 20.6 Å². The first-order valence-corrected chi connectivity index (χ1v) is 8.58. The number of ether oxygens (including phenoxy) is 1. The number of hydrogen-bond acceptors (Lipinski definition) is 4. The number of aliphatic hydroxyl groups is 1. The van der Waals surface area contributed by atoms with Crippen molar-refractivity contribution in [1.82, 2.24) is 0 Å². The molecule has 0 aliphatic carbocycles. The lowest BCUT2D eigenvalue weighted by molar-refractivity contribution is 0.273. The van der Waals surface area contributed by atoms with Crippen LogP contribution in [0.25, 0.3) is 0 Å². The van der Waals surface area contributed by atoms with E-state index in [9.17, 15) is 13.5 Å². The van der Waals surface area contributed by atoms with Gasteiger partial charge >= 0.3 is 0 Å². The Morgan fingerprint density at radius 1 is 1.24 bits per heavy atom. The lowest BCUT2D eigenvalue weighted by Crippen LogP contribution is -2.13. The third-order valence-corrected chi connectivity index (χ3v) is 4.86. The second-order valence-electron chi connectivity index (χ2n) is 4.25. The Morgan fingerprint density at radius 2 is 2.00 bits per heavy atom. The van der Waals surface area contributed by atoms with E-state index < -0.39 is 10.0 Å². The van der Waals surface area contributed by atoms with E-state index in [1.165, 1.54) is 25.3 Å².